The lowest BCUT2D eigenvalue weighted by Gasteiger charge is -2.01. The molecule has 0 aliphatic heterocycles. The average molecular weight is 246 g/mol. The van der Waals surface area contributed by atoms with Crippen LogP contribution in [0.25, 0.3) is 16.1 Å². The van der Waals surface area contributed by atoms with E-state index in [0.29, 0.717) is 11.5 Å². The van der Waals surface area contributed by atoms with Gasteiger partial charge in [0.2, 0.25) is 0 Å². The molecule has 1 aromatic heterocycles. The summed E-state index contributed by atoms with van der Waals surface area (Å²) in [6.45, 7) is -0.0355. The van der Waals surface area contributed by atoms with Gasteiger partial charge in [0.05, 0.1) is 17.2 Å². The van der Waals surface area contributed by atoms with E-state index in [9.17, 15) is 10.1 Å². The summed E-state index contributed by atoms with van der Waals surface area (Å²) in [4.78, 5) is 12.7. The number of nitro benzene ring substituents is 1. The Bertz CT molecular complexity index is 630. The zero-order valence-corrected chi connectivity index (χ0v) is 8.91. The maximum Gasteiger partial charge on any atom is 0.271 e. The first-order valence-corrected chi connectivity index (χ1v) is 4.75. The van der Waals surface area contributed by atoms with Crippen molar-refractivity contribution in [2.45, 2.75) is 6.54 Å². The van der Waals surface area contributed by atoms with Crippen LogP contribution in [0.15, 0.2) is 29.4 Å². The molecule has 90 valence electrons. The highest BCUT2D eigenvalue weighted by molar-refractivity contribution is 5.42. The van der Waals surface area contributed by atoms with Crippen LogP contribution >= 0.6 is 0 Å². The number of hydrogen-bond donors (Lipinski definition) is 0. The molecule has 0 atom stereocenters. The highest BCUT2D eigenvalue weighted by Crippen LogP contribution is 2.16. The molecule has 0 fully saturated rings. The summed E-state index contributed by atoms with van der Waals surface area (Å²) in [6.07, 6.45) is 0. The number of aromatic nitrogens is 4. The SMILES string of the molecule is [N-]=[N+]=NCc1nnnn1-c1cccc([N+](=O)[O-])c1. The summed E-state index contributed by atoms with van der Waals surface area (Å²) in [5, 5.41) is 24.8. The van der Waals surface area contributed by atoms with Crippen molar-refractivity contribution in [3.63, 3.8) is 0 Å². The van der Waals surface area contributed by atoms with Gasteiger partial charge < -0.3 is 0 Å². The number of nitrogens with zero attached hydrogens (tertiary/aromatic N) is 8. The van der Waals surface area contributed by atoms with Crippen molar-refractivity contribution in [3.8, 4) is 5.69 Å². The fourth-order valence-corrected chi connectivity index (χ4v) is 1.34. The largest absolute Gasteiger partial charge is 0.271 e. The standard InChI is InChI=1S/C8H6N8O2/c9-12-10-5-8-11-13-14-15(8)6-2-1-3-7(4-6)16(17)18/h1-4H,5H2. The number of tetrazole rings is 1. The van der Waals surface area contributed by atoms with Crippen LogP contribution in [0.1, 0.15) is 5.82 Å². The first-order valence-electron chi connectivity index (χ1n) is 4.75. The van der Waals surface area contributed by atoms with E-state index in [1.807, 2.05) is 0 Å². The molecule has 18 heavy (non-hydrogen) atoms. The number of rotatable bonds is 4. The molecule has 1 heterocycles. The van der Waals surface area contributed by atoms with Gasteiger partial charge in [-0.05, 0) is 22.0 Å². The van der Waals surface area contributed by atoms with Crippen LogP contribution in [0.5, 0.6) is 0 Å². The van der Waals surface area contributed by atoms with Gasteiger partial charge in [-0.1, -0.05) is 11.2 Å². The smallest absolute Gasteiger partial charge is 0.258 e. The zero-order valence-electron chi connectivity index (χ0n) is 8.91. The number of nitro groups is 1. The summed E-state index contributed by atoms with van der Waals surface area (Å²) < 4.78 is 1.28. The molecule has 10 nitrogen and oxygen atoms in total. The van der Waals surface area contributed by atoms with E-state index in [2.05, 4.69) is 25.6 Å². The molecule has 0 saturated carbocycles. The Balaban J connectivity index is 2.42. The Hall–Kier alpha value is -3.00. The van der Waals surface area contributed by atoms with Crippen LogP contribution in [0.3, 0.4) is 0 Å². The fraction of sp³-hybridized carbons (Fsp3) is 0.125. The number of non-ortho nitro benzene ring substituents is 1. The first-order chi connectivity index (χ1) is 8.72. The monoisotopic (exact) mass is 246 g/mol. The molecular weight excluding hydrogens is 240 g/mol. The summed E-state index contributed by atoms with van der Waals surface area (Å²) in [7, 11) is 0. The third-order valence-corrected chi connectivity index (χ3v) is 2.09. The van der Waals surface area contributed by atoms with Crippen molar-refractivity contribution in [1.82, 2.24) is 20.2 Å². The molecule has 0 unspecified atom stereocenters. The maximum atomic E-state index is 10.7. The van der Waals surface area contributed by atoms with Crippen LogP contribution < -0.4 is 0 Å². The molecule has 0 spiro atoms. The lowest BCUT2D eigenvalue weighted by Crippen LogP contribution is -2.03. The lowest BCUT2D eigenvalue weighted by atomic mass is 10.3. The Morgan fingerprint density at radius 3 is 3.11 bits per heavy atom. The second kappa shape index (κ2) is 4.89. The van der Waals surface area contributed by atoms with Crippen LogP contribution in [-0.2, 0) is 6.54 Å². The third kappa shape index (κ3) is 2.23. The normalized spacial score (nSPS) is 9.78. The minimum absolute atomic E-state index is 0.0355. The van der Waals surface area contributed by atoms with Crippen molar-refractivity contribution in [2.24, 2.45) is 5.11 Å². The van der Waals surface area contributed by atoms with Gasteiger partial charge in [-0.2, -0.15) is 4.68 Å². The maximum absolute atomic E-state index is 10.7. The van der Waals surface area contributed by atoms with Crippen molar-refractivity contribution >= 4 is 5.69 Å². The molecule has 0 aliphatic rings. The van der Waals surface area contributed by atoms with E-state index >= 15 is 0 Å². The molecule has 0 radical (unpaired) electrons. The molecule has 0 saturated heterocycles. The topological polar surface area (TPSA) is 136 Å². The van der Waals surface area contributed by atoms with E-state index in [-0.39, 0.29) is 12.2 Å². The first kappa shape index (κ1) is 11.5. The number of hydrogen-bond acceptors (Lipinski definition) is 6. The minimum atomic E-state index is -0.513. The van der Waals surface area contributed by atoms with Gasteiger partial charge in [0.25, 0.3) is 5.69 Å². The second-order valence-corrected chi connectivity index (χ2v) is 3.17. The summed E-state index contributed by atoms with van der Waals surface area (Å²) in [5.74, 6) is 0.299. The molecule has 1 aromatic carbocycles. The Morgan fingerprint density at radius 1 is 1.56 bits per heavy atom. The van der Waals surface area contributed by atoms with E-state index in [4.69, 9.17) is 5.53 Å². The molecule has 2 rings (SSSR count). The highest BCUT2D eigenvalue weighted by atomic mass is 16.6. The van der Waals surface area contributed by atoms with Crippen LogP contribution in [-0.4, -0.2) is 25.1 Å². The molecule has 10 heteroatoms. The molecular formula is C8H6N8O2. The van der Waals surface area contributed by atoms with Gasteiger partial charge in [0.15, 0.2) is 5.82 Å². The molecule has 0 N–H and O–H groups in total. The van der Waals surface area contributed by atoms with E-state index < -0.39 is 4.92 Å². The van der Waals surface area contributed by atoms with Gasteiger partial charge >= 0.3 is 0 Å². The van der Waals surface area contributed by atoms with E-state index in [0.717, 1.165) is 0 Å². The van der Waals surface area contributed by atoms with E-state index in [1.165, 1.54) is 22.9 Å². The van der Waals surface area contributed by atoms with Gasteiger partial charge in [-0.3, -0.25) is 10.1 Å². The van der Waals surface area contributed by atoms with Crippen molar-refractivity contribution < 1.29 is 4.92 Å². The van der Waals surface area contributed by atoms with Gasteiger partial charge in [-0.25, -0.2) is 0 Å². The van der Waals surface area contributed by atoms with E-state index in [1.54, 1.807) is 6.07 Å². The van der Waals surface area contributed by atoms with Crippen LogP contribution in [0.4, 0.5) is 5.69 Å². The third-order valence-electron chi connectivity index (χ3n) is 2.09. The van der Waals surface area contributed by atoms with Gasteiger partial charge in [0, 0.05) is 17.0 Å². The van der Waals surface area contributed by atoms with Crippen LogP contribution in [0.2, 0.25) is 0 Å². The fourth-order valence-electron chi connectivity index (χ4n) is 1.34. The summed E-state index contributed by atoms with van der Waals surface area (Å²) in [6, 6.07) is 5.83. The zero-order chi connectivity index (χ0) is 13.0. The predicted molar refractivity (Wildman–Crippen MR) is 58.7 cm³/mol. The summed E-state index contributed by atoms with van der Waals surface area (Å²) >= 11 is 0. The van der Waals surface area contributed by atoms with Crippen molar-refractivity contribution in [3.05, 3.63) is 50.6 Å². The summed E-state index contributed by atoms with van der Waals surface area (Å²) in [5.41, 5.74) is 8.59. The molecule has 0 amide bonds. The lowest BCUT2D eigenvalue weighted by molar-refractivity contribution is -0.384. The second-order valence-electron chi connectivity index (χ2n) is 3.17. The van der Waals surface area contributed by atoms with Gasteiger partial charge in [0.1, 0.15) is 0 Å². The number of azide groups is 1. The quantitative estimate of drug-likeness (QED) is 0.264. The Morgan fingerprint density at radius 2 is 2.39 bits per heavy atom. The van der Waals surface area contributed by atoms with Crippen molar-refractivity contribution in [1.29, 1.82) is 0 Å². The predicted octanol–water partition coefficient (Wildman–Crippen LogP) is 1.38. The highest BCUT2D eigenvalue weighted by Gasteiger charge is 2.11. The molecule has 2 aromatic rings. The Labute approximate surface area is 99.6 Å². The van der Waals surface area contributed by atoms with Crippen LogP contribution in [0, 0.1) is 10.1 Å². The minimum Gasteiger partial charge on any atom is -0.258 e. The molecule has 0 bridgehead atoms. The average Bonchev–Trinajstić information content (AvgIpc) is 2.84. The van der Waals surface area contributed by atoms with Crippen molar-refractivity contribution in [2.75, 3.05) is 0 Å². The number of benzene rings is 1. The van der Waals surface area contributed by atoms with Gasteiger partial charge in [-0.15, -0.1) is 5.10 Å². The molecule has 0 aliphatic carbocycles. The Kier molecular flexibility index (Phi) is 3.12.